The van der Waals surface area contributed by atoms with Crippen LogP contribution in [0.25, 0.3) is 0 Å². The highest BCUT2D eigenvalue weighted by atomic mass is 16.3. The minimum absolute atomic E-state index is 0.154. The number of hydrogen-bond donors (Lipinski definition) is 2. The van der Waals surface area contributed by atoms with E-state index in [-0.39, 0.29) is 13.2 Å². The van der Waals surface area contributed by atoms with Crippen molar-refractivity contribution >= 4 is 11.4 Å². The van der Waals surface area contributed by atoms with E-state index in [9.17, 15) is 0 Å². The highest BCUT2D eigenvalue weighted by Gasteiger charge is 1.95. The normalized spacial score (nSPS) is 11.1. The highest BCUT2D eigenvalue weighted by Crippen LogP contribution is 2.19. The van der Waals surface area contributed by atoms with Crippen molar-refractivity contribution in [1.29, 1.82) is 0 Å². The molecule has 4 heteroatoms. The first kappa shape index (κ1) is 14.4. The van der Waals surface area contributed by atoms with E-state index >= 15 is 0 Å². The molecule has 0 radical (unpaired) electrons. The molecule has 0 unspecified atom stereocenters. The molecular formula is C16H18N2O2. The van der Waals surface area contributed by atoms with Gasteiger partial charge >= 0.3 is 0 Å². The molecule has 0 aliphatic heterocycles. The first-order valence-corrected chi connectivity index (χ1v) is 6.63. The second-order valence-corrected chi connectivity index (χ2v) is 4.48. The number of nitrogens with zero attached hydrogens (tertiary/aromatic N) is 2. The summed E-state index contributed by atoms with van der Waals surface area (Å²) in [5.41, 5.74) is 3.73. The summed E-state index contributed by atoms with van der Waals surface area (Å²) in [6.45, 7) is 0.308. The molecule has 0 heterocycles. The molecule has 0 amide bonds. The molecule has 0 aliphatic rings. The molecule has 0 saturated heterocycles. The smallest absolute Gasteiger partial charge is 0.0857 e. The Kier molecular flexibility index (Phi) is 5.41. The van der Waals surface area contributed by atoms with Gasteiger partial charge in [-0.15, -0.1) is 0 Å². The van der Waals surface area contributed by atoms with E-state index in [4.69, 9.17) is 10.2 Å². The maximum absolute atomic E-state index is 8.84. The molecule has 2 N–H and O–H groups in total. The fourth-order valence-corrected chi connectivity index (χ4v) is 1.83. The molecular weight excluding hydrogens is 252 g/mol. The summed E-state index contributed by atoms with van der Waals surface area (Å²) in [7, 11) is 0. The van der Waals surface area contributed by atoms with Crippen LogP contribution in [-0.2, 0) is 12.8 Å². The van der Waals surface area contributed by atoms with Crippen LogP contribution in [0, 0.1) is 0 Å². The molecule has 0 saturated carbocycles. The molecule has 0 fully saturated rings. The molecule has 20 heavy (non-hydrogen) atoms. The van der Waals surface area contributed by atoms with Gasteiger partial charge in [0.15, 0.2) is 0 Å². The molecule has 0 bridgehead atoms. The molecule has 4 nitrogen and oxygen atoms in total. The van der Waals surface area contributed by atoms with Crippen LogP contribution in [0.2, 0.25) is 0 Å². The van der Waals surface area contributed by atoms with Gasteiger partial charge in [-0.3, -0.25) is 0 Å². The van der Waals surface area contributed by atoms with Crippen molar-refractivity contribution in [3.63, 3.8) is 0 Å². The maximum atomic E-state index is 8.84. The van der Waals surface area contributed by atoms with Gasteiger partial charge in [0.2, 0.25) is 0 Å². The second-order valence-electron chi connectivity index (χ2n) is 4.48. The van der Waals surface area contributed by atoms with E-state index in [2.05, 4.69) is 10.2 Å². The van der Waals surface area contributed by atoms with Gasteiger partial charge in [0.25, 0.3) is 0 Å². The molecule has 2 rings (SSSR count). The van der Waals surface area contributed by atoms with Crippen molar-refractivity contribution in [3.8, 4) is 0 Å². The predicted molar refractivity (Wildman–Crippen MR) is 78.6 cm³/mol. The van der Waals surface area contributed by atoms with Crippen LogP contribution in [0.4, 0.5) is 11.4 Å². The lowest BCUT2D eigenvalue weighted by Gasteiger charge is -1.99. The average molecular weight is 270 g/mol. The number of benzene rings is 2. The summed E-state index contributed by atoms with van der Waals surface area (Å²) in [5.74, 6) is 0. The van der Waals surface area contributed by atoms with Crippen molar-refractivity contribution < 1.29 is 10.2 Å². The Morgan fingerprint density at radius 1 is 0.600 bits per heavy atom. The highest BCUT2D eigenvalue weighted by molar-refractivity contribution is 5.42. The molecule has 0 spiro atoms. The largest absolute Gasteiger partial charge is 0.396 e. The van der Waals surface area contributed by atoms with E-state index < -0.39 is 0 Å². The Labute approximate surface area is 118 Å². The van der Waals surface area contributed by atoms with Crippen molar-refractivity contribution in [3.05, 3.63) is 59.7 Å². The van der Waals surface area contributed by atoms with Gasteiger partial charge in [-0.2, -0.15) is 10.2 Å². The third-order valence-electron chi connectivity index (χ3n) is 2.95. The van der Waals surface area contributed by atoms with Crippen LogP contribution in [0.1, 0.15) is 11.1 Å². The molecule has 2 aromatic carbocycles. The SMILES string of the molecule is OCCc1ccc(/N=N/c2ccc(CCO)cc2)cc1. The predicted octanol–water partition coefficient (Wildman–Crippen LogP) is 3.17. The van der Waals surface area contributed by atoms with Crippen LogP contribution in [0.3, 0.4) is 0 Å². The topological polar surface area (TPSA) is 65.2 Å². The van der Waals surface area contributed by atoms with Crippen molar-refractivity contribution in [2.24, 2.45) is 10.2 Å². The summed E-state index contributed by atoms with van der Waals surface area (Å²) in [6.07, 6.45) is 1.31. The number of hydrogen-bond acceptors (Lipinski definition) is 4. The van der Waals surface area contributed by atoms with Gasteiger partial charge in [-0.25, -0.2) is 0 Å². The molecule has 2 aromatic rings. The number of aliphatic hydroxyl groups excluding tert-OH is 2. The number of azo groups is 1. The van der Waals surface area contributed by atoms with Crippen molar-refractivity contribution in [2.75, 3.05) is 13.2 Å². The quantitative estimate of drug-likeness (QED) is 0.792. The average Bonchev–Trinajstić information content (AvgIpc) is 2.49. The van der Waals surface area contributed by atoms with Gasteiger partial charge in [-0.1, -0.05) is 24.3 Å². The van der Waals surface area contributed by atoms with Crippen molar-refractivity contribution in [1.82, 2.24) is 0 Å². The minimum Gasteiger partial charge on any atom is -0.396 e. The monoisotopic (exact) mass is 270 g/mol. The number of rotatable bonds is 6. The van der Waals surface area contributed by atoms with Crippen LogP contribution in [0.5, 0.6) is 0 Å². The minimum atomic E-state index is 0.154. The van der Waals surface area contributed by atoms with Gasteiger partial charge in [0, 0.05) is 13.2 Å². The molecule has 0 aromatic heterocycles. The van der Waals surface area contributed by atoms with Gasteiger partial charge in [0.05, 0.1) is 11.4 Å². The lowest BCUT2D eigenvalue weighted by atomic mass is 10.1. The summed E-state index contributed by atoms with van der Waals surface area (Å²) < 4.78 is 0. The molecule has 0 aliphatic carbocycles. The Morgan fingerprint density at radius 3 is 1.25 bits per heavy atom. The zero-order valence-corrected chi connectivity index (χ0v) is 11.2. The summed E-state index contributed by atoms with van der Waals surface area (Å²) in [6, 6.07) is 15.3. The fraction of sp³-hybridized carbons (Fsp3) is 0.250. The van der Waals surface area contributed by atoms with E-state index in [1.165, 1.54) is 0 Å². The lowest BCUT2D eigenvalue weighted by molar-refractivity contribution is 0.299. The first-order valence-electron chi connectivity index (χ1n) is 6.63. The Morgan fingerprint density at radius 2 is 0.950 bits per heavy atom. The first-order chi connectivity index (χ1) is 9.81. The second kappa shape index (κ2) is 7.53. The standard InChI is InChI=1S/C16H18N2O2/c19-11-9-13-1-5-15(6-2-13)17-18-16-7-3-14(4-8-16)10-12-20/h1-8,19-20H,9-12H2/b18-17+. The van der Waals surface area contributed by atoms with Crippen LogP contribution < -0.4 is 0 Å². The fourth-order valence-electron chi connectivity index (χ4n) is 1.83. The van der Waals surface area contributed by atoms with Gasteiger partial charge < -0.3 is 10.2 Å². The van der Waals surface area contributed by atoms with E-state index in [0.717, 1.165) is 22.5 Å². The molecule has 104 valence electrons. The third kappa shape index (κ3) is 4.26. The number of aliphatic hydroxyl groups is 2. The zero-order chi connectivity index (χ0) is 14.2. The van der Waals surface area contributed by atoms with Crippen LogP contribution in [0.15, 0.2) is 58.8 Å². The van der Waals surface area contributed by atoms with E-state index in [1.54, 1.807) is 0 Å². The Balaban J connectivity index is 2.01. The van der Waals surface area contributed by atoms with Crippen LogP contribution >= 0.6 is 0 Å². The van der Waals surface area contributed by atoms with Crippen molar-refractivity contribution in [2.45, 2.75) is 12.8 Å². The zero-order valence-electron chi connectivity index (χ0n) is 11.2. The summed E-state index contributed by atoms with van der Waals surface area (Å²) in [5, 5.41) is 26.0. The van der Waals surface area contributed by atoms with E-state index in [1.807, 2.05) is 48.5 Å². The van der Waals surface area contributed by atoms with Crippen LogP contribution in [-0.4, -0.2) is 23.4 Å². The van der Waals surface area contributed by atoms with E-state index in [0.29, 0.717) is 12.8 Å². The summed E-state index contributed by atoms with van der Waals surface area (Å²) in [4.78, 5) is 0. The summed E-state index contributed by atoms with van der Waals surface area (Å²) >= 11 is 0. The Hall–Kier alpha value is -2.04. The van der Waals surface area contributed by atoms with Gasteiger partial charge in [0.1, 0.15) is 0 Å². The lowest BCUT2D eigenvalue weighted by Crippen LogP contribution is -1.88. The molecule has 0 atom stereocenters. The Bertz CT molecular complexity index is 496. The maximum Gasteiger partial charge on any atom is 0.0857 e. The van der Waals surface area contributed by atoms with Gasteiger partial charge in [-0.05, 0) is 48.2 Å². The third-order valence-corrected chi connectivity index (χ3v) is 2.95.